The van der Waals surface area contributed by atoms with Gasteiger partial charge >= 0.3 is 6.09 Å². The molecule has 0 radical (unpaired) electrons. The summed E-state index contributed by atoms with van der Waals surface area (Å²) in [5.41, 5.74) is 6.98. The molecule has 7 nitrogen and oxygen atoms in total. The van der Waals surface area contributed by atoms with Gasteiger partial charge in [0.05, 0.1) is 24.1 Å². The second-order valence-electron chi connectivity index (χ2n) is 5.65. The van der Waals surface area contributed by atoms with Crippen LogP contribution in [0.25, 0.3) is 0 Å². The van der Waals surface area contributed by atoms with Crippen molar-refractivity contribution < 1.29 is 14.3 Å². The number of rotatable bonds is 2. The fourth-order valence-electron chi connectivity index (χ4n) is 2.81. The molecule has 21 heavy (non-hydrogen) atoms. The number of piperidine rings is 1. The van der Waals surface area contributed by atoms with Gasteiger partial charge in [-0.1, -0.05) is 6.92 Å². The fraction of sp³-hybridized carbons (Fsp3) is 0.571. The Bertz CT molecular complexity index is 549. The van der Waals surface area contributed by atoms with Crippen molar-refractivity contribution in [2.75, 3.05) is 25.4 Å². The van der Waals surface area contributed by atoms with Gasteiger partial charge in [0.15, 0.2) is 5.75 Å². The topological polar surface area (TPSA) is 98.5 Å². The molecule has 2 aliphatic rings. The monoisotopic (exact) mass is 292 g/mol. The molecular weight excluding hydrogens is 272 g/mol. The number of carbonyl (C=O) groups is 1. The standard InChI is InChI=1S/C14H20N4O3/c1-8-4-9(6-16-5-8)18-14(19)21-12-10-2-3-20-13(10)17-7-11(12)15/h7-9,16H,2-6,15H2,1H3,(H,18,19)/t8-,9+/m1/s1. The number of nitrogens with zero attached hydrogens (tertiary/aromatic N) is 1. The Morgan fingerprint density at radius 3 is 3.24 bits per heavy atom. The number of fused-ring (bicyclic) bond motifs is 1. The number of ether oxygens (including phenoxy) is 2. The van der Waals surface area contributed by atoms with Gasteiger partial charge in [-0.05, 0) is 18.9 Å². The van der Waals surface area contributed by atoms with Crippen molar-refractivity contribution in [3.63, 3.8) is 0 Å². The highest BCUT2D eigenvalue weighted by atomic mass is 16.6. The van der Waals surface area contributed by atoms with Crippen LogP contribution in [0, 0.1) is 5.92 Å². The first kappa shape index (κ1) is 13.9. The Balaban J connectivity index is 1.66. The summed E-state index contributed by atoms with van der Waals surface area (Å²) < 4.78 is 10.8. The maximum Gasteiger partial charge on any atom is 0.412 e. The van der Waals surface area contributed by atoms with E-state index in [4.69, 9.17) is 15.2 Å². The SMILES string of the molecule is C[C@H]1CNC[C@@H](NC(=O)Oc2c(N)cnc3c2CCO3)C1. The first-order chi connectivity index (χ1) is 10.1. The van der Waals surface area contributed by atoms with Crippen molar-refractivity contribution in [3.8, 4) is 11.6 Å². The molecule has 0 saturated carbocycles. The van der Waals surface area contributed by atoms with Gasteiger partial charge in [-0.25, -0.2) is 9.78 Å². The summed E-state index contributed by atoms with van der Waals surface area (Å²) in [6.45, 7) is 4.42. The van der Waals surface area contributed by atoms with Crippen LogP contribution in [0.5, 0.6) is 11.6 Å². The molecular formula is C14H20N4O3. The molecule has 3 heterocycles. The summed E-state index contributed by atoms with van der Waals surface area (Å²) in [6, 6.07) is 0.0774. The zero-order chi connectivity index (χ0) is 14.8. The first-order valence-electron chi connectivity index (χ1n) is 7.22. The average molecular weight is 292 g/mol. The van der Waals surface area contributed by atoms with Crippen molar-refractivity contribution >= 4 is 11.8 Å². The third kappa shape index (κ3) is 3.02. The minimum atomic E-state index is -0.483. The predicted molar refractivity (Wildman–Crippen MR) is 77.4 cm³/mol. The summed E-state index contributed by atoms with van der Waals surface area (Å²) in [4.78, 5) is 16.1. The third-order valence-corrected chi connectivity index (χ3v) is 3.79. The molecule has 7 heteroatoms. The molecule has 0 aliphatic carbocycles. The largest absolute Gasteiger partial charge is 0.477 e. The molecule has 4 N–H and O–H groups in total. The molecule has 0 aromatic carbocycles. The fourth-order valence-corrected chi connectivity index (χ4v) is 2.81. The van der Waals surface area contributed by atoms with Crippen molar-refractivity contribution in [3.05, 3.63) is 11.8 Å². The van der Waals surface area contributed by atoms with Crippen molar-refractivity contribution in [2.24, 2.45) is 5.92 Å². The molecule has 114 valence electrons. The lowest BCUT2D eigenvalue weighted by molar-refractivity contribution is 0.190. The van der Waals surface area contributed by atoms with E-state index in [-0.39, 0.29) is 6.04 Å². The number of hydrogen-bond donors (Lipinski definition) is 3. The summed E-state index contributed by atoms with van der Waals surface area (Å²) in [5.74, 6) is 1.40. The van der Waals surface area contributed by atoms with Crippen LogP contribution >= 0.6 is 0 Å². The zero-order valence-corrected chi connectivity index (χ0v) is 12.0. The van der Waals surface area contributed by atoms with Crippen molar-refractivity contribution in [2.45, 2.75) is 25.8 Å². The van der Waals surface area contributed by atoms with Gasteiger partial charge < -0.3 is 25.8 Å². The number of hydrogen-bond acceptors (Lipinski definition) is 6. The molecule has 1 amide bonds. The molecule has 3 rings (SSSR count). The number of aromatic nitrogens is 1. The highest BCUT2D eigenvalue weighted by molar-refractivity contribution is 5.74. The molecule has 1 fully saturated rings. The minimum absolute atomic E-state index is 0.0774. The van der Waals surface area contributed by atoms with Crippen molar-refractivity contribution in [1.29, 1.82) is 0 Å². The second kappa shape index (κ2) is 5.77. The number of nitrogen functional groups attached to an aromatic ring is 1. The van der Waals surface area contributed by atoms with Crippen molar-refractivity contribution in [1.82, 2.24) is 15.6 Å². The van der Waals surface area contributed by atoms with E-state index in [0.717, 1.165) is 25.1 Å². The lowest BCUT2D eigenvalue weighted by Crippen LogP contribution is -2.49. The number of amides is 1. The Morgan fingerprint density at radius 1 is 1.57 bits per heavy atom. The zero-order valence-electron chi connectivity index (χ0n) is 12.0. The molecule has 1 saturated heterocycles. The molecule has 1 aromatic rings. The van der Waals surface area contributed by atoms with E-state index in [1.807, 2.05) is 0 Å². The lowest BCUT2D eigenvalue weighted by atomic mass is 9.98. The Hall–Kier alpha value is -2.02. The predicted octanol–water partition coefficient (Wildman–Crippen LogP) is 0.685. The van der Waals surface area contributed by atoms with Crippen LogP contribution < -0.4 is 25.8 Å². The second-order valence-corrected chi connectivity index (χ2v) is 5.65. The number of pyridine rings is 1. The number of carbonyl (C=O) groups excluding carboxylic acids is 1. The molecule has 1 aromatic heterocycles. The average Bonchev–Trinajstić information content (AvgIpc) is 2.90. The van der Waals surface area contributed by atoms with E-state index in [9.17, 15) is 4.79 Å². The van der Waals surface area contributed by atoms with Gasteiger partial charge in [-0.15, -0.1) is 0 Å². The van der Waals surface area contributed by atoms with Crippen LogP contribution in [-0.2, 0) is 6.42 Å². The van der Waals surface area contributed by atoms with E-state index in [1.54, 1.807) is 0 Å². The van der Waals surface area contributed by atoms with Gasteiger partial charge in [0.25, 0.3) is 0 Å². The quantitative estimate of drug-likeness (QED) is 0.741. The van der Waals surface area contributed by atoms with E-state index in [0.29, 0.717) is 36.3 Å². The summed E-state index contributed by atoms with van der Waals surface area (Å²) in [7, 11) is 0. The normalized spacial score (nSPS) is 24.0. The minimum Gasteiger partial charge on any atom is -0.477 e. The van der Waals surface area contributed by atoms with Crippen LogP contribution in [-0.4, -0.2) is 36.8 Å². The smallest absolute Gasteiger partial charge is 0.412 e. The summed E-state index contributed by atoms with van der Waals surface area (Å²) in [5, 5.41) is 6.16. The van der Waals surface area contributed by atoms with E-state index in [2.05, 4.69) is 22.5 Å². The first-order valence-corrected chi connectivity index (χ1v) is 7.22. The van der Waals surface area contributed by atoms with Crippen LogP contribution in [0.2, 0.25) is 0 Å². The van der Waals surface area contributed by atoms with Gasteiger partial charge in [0, 0.05) is 19.0 Å². The van der Waals surface area contributed by atoms with E-state index >= 15 is 0 Å². The van der Waals surface area contributed by atoms with Gasteiger partial charge in [-0.3, -0.25) is 0 Å². The maximum absolute atomic E-state index is 12.1. The van der Waals surface area contributed by atoms with E-state index in [1.165, 1.54) is 6.20 Å². The maximum atomic E-state index is 12.1. The Labute approximate surface area is 123 Å². The lowest BCUT2D eigenvalue weighted by Gasteiger charge is -2.28. The van der Waals surface area contributed by atoms with Gasteiger partial charge in [0.1, 0.15) is 0 Å². The van der Waals surface area contributed by atoms with E-state index < -0.39 is 6.09 Å². The molecule has 2 aliphatic heterocycles. The summed E-state index contributed by atoms with van der Waals surface area (Å²) >= 11 is 0. The van der Waals surface area contributed by atoms with Crippen LogP contribution in [0.4, 0.5) is 10.5 Å². The number of nitrogens with one attached hydrogen (secondary N) is 2. The third-order valence-electron chi connectivity index (χ3n) is 3.79. The molecule has 2 atom stereocenters. The number of nitrogens with two attached hydrogens (primary N) is 1. The van der Waals surface area contributed by atoms with Gasteiger partial charge in [-0.2, -0.15) is 0 Å². The molecule has 0 unspecified atom stereocenters. The highest BCUT2D eigenvalue weighted by Gasteiger charge is 2.25. The van der Waals surface area contributed by atoms with Gasteiger partial charge in [0.2, 0.25) is 5.88 Å². The van der Waals surface area contributed by atoms with Crippen LogP contribution in [0.1, 0.15) is 18.9 Å². The Morgan fingerprint density at radius 2 is 2.43 bits per heavy atom. The van der Waals surface area contributed by atoms with Crippen LogP contribution in [0.15, 0.2) is 6.20 Å². The number of anilines is 1. The highest BCUT2D eigenvalue weighted by Crippen LogP contribution is 2.35. The van der Waals surface area contributed by atoms with Crippen LogP contribution in [0.3, 0.4) is 0 Å². The summed E-state index contributed by atoms with van der Waals surface area (Å²) in [6.07, 6.45) is 2.56. The molecule has 0 bridgehead atoms. The Kier molecular flexibility index (Phi) is 3.83. The molecule has 0 spiro atoms.